The number of hydrogen-bond acceptors (Lipinski definition) is 3. The second kappa shape index (κ2) is 5.06. The molecule has 0 saturated carbocycles. The van der Waals surface area contributed by atoms with E-state index in [9.17, 15) is 13.2 Å². The van der Waals surface area contributed by atoms with Crippen LogP contribution in [-0.4, -0.2) is 31.1 Å². The number of benzene rings is 1. The smallest absolute Gasteiger partial charge is 0.243 e. The molecule has 104 valence electrons. The van der Waals surface area contributed by atoms with Gasteiger partial charge in [0.2, 0.25) is 10.0 Å². The van der Waals surface area contributed by atoms with E-state index in [1.807, 2.05) is 6.92 Å². The summed E-state index contributed by atoms with van der Waals surface area (Å²) in [5, 5.41) is 0. The summed E-state index contributed by atoms with van der Waals surface area (Å²) in [5.74, 6) is 0.251. The Morgan fingerprint density at radius 3 is 2.53 bits per heavy atom. The van der Waals surface area contributed by atoms with Gasteiger partial charge in [-0.3, -0.25) is 4.79 Å². The standard InChI is InChI=1S/C14H19NO3S/c1-10-7-11(2)15(9-10)19(17,18)14-6-4-5-13(8-14)12(3)16/h4-6,8,10-11H,7,9H2,1-3H3. The molecule has 1 heterocycles. The van der Waals surface area contributed by atoms with Gasteiger partial charge in [0.25, 0.3) is 0 Å². The van der Waals surface area contributed by atoms with Crippen molar-refractivity contribution in [1.82, 2.24) is 4.31 Å². The van der Waals surface area contributed by atoms with Gasteiger partial charge >= 0.3 is 0 Å². The van der Waals surface area contributed by atoms with Crippen LogP contribution in [0.2, 0.25) is 0 Å². The van der Waals surface area contributed by atoms with Crippen molar-refractivity contribution in [3.05, 3.63) is 29.8 Å². The highest BCUT2D eigenvalue weighted by atomic mass is 32.2. The summed E-state index contributed by atoms with van der Waals surface area (Å²) in [7, 11) is -3.50. The van der Waals surface area contributed by atoms with Gasteiger partial charge in [0, 0.05) is 18.2 Å². The molecule has 4 nitrogen and oxygen atoms in total. The third kappa shape index (κ3) is 2.72. The Morgan fingerprint density at radius 2 is 2.00 bits per heavy atom. The summed E-state index contributed by atoms with van der Waals surface area (Å²) in [6.45, 7) is 5.97. The minimum atomic E-state index is -3.50. The highest BCUT2D eigenvalue weighted by Crippen LogP contribution is 2.29. The topological polar surface area (TPSA) is 54.5 Å². The maximum Gasteiger partial charge on any atom is 0.243 e. The van der Waals surface area contributed by atoms with Gasteiger partial charge in [-0.05, 0) is 38.3 Å². The van der Waals surface area contributed by atoms with Crippen molar-refractivity contribution < 1.29 is 13.2 Å². The zero-order valence-corrected chi connectivity index (χ0v) is 12.3. The number of carbonyl (C=O) groups excluding carboxylic acids is 1. The molecule has 1 aliphatic rings. The Balaban J connectivity index is 2.40. The Bertz CT molecular complexity index is 594. The molecular formula is C14H19NO3S. The van der Waals surface area contributed by atoms with Gasteiger partial charge in [0.15, 0.2) is 5.78 Å². The summed E-state index contributed by atoms with van der Waals surface area (Å²) in [4.78, 5) is 11.6. The first-order valence-electron chi connectivity index (χ1n) is 6.45. The number of ketones is 1. The molecule has 1 aromatic rings. The largest absolute Gasteiger partial charge is 0.295 e. The number of rotatable bonds is 3. The quantitative estimate of drug-likeness (QED) is 0.799. The highest BCUT2D eigenvalue weighted by molar-refractivity contribution is 7.89. The van der Waals surface area contributed by atoms with E-state index in [0.717, 1.165) is 6.42 Å². The molecule has 2 atom stereocenters. The lowest BCUT2D eigenvalue weighted by molar-refractivity contribution is 0.101. The molecule has 1 aromatic carbocycles. The summed E-state index contributed by atoms with van der Waals surface area (Å²) in [5.41, 5.74) is 0.431. The van der Waals surface area contributed by atoms with Crippen molar-refractivity contribution >= 4 is 15.8 Å². The Morgan fingerprint density at radius 1 is 1.32 bits per heavy atom. The summed E-state index contributed by atoms with van der Waals surface area (Å²) in [6.07, 6.45) is 0.881. The van der Waals surface area contributed by atoms with Crippen LogP contribution < -0.4 is 0 Å². The third-order valence-electron chi connectivity index (χ3n) is 3.57. The SMILES string of the molecule is CC(=O)c1cccc(S(=O)(=O)N2CC(C)CC2C)c1. The van der Waals surface area contributed by atoms with Crippen molar-refractivity contribution in [2.24, 2.45) is 5.92 Å². The van der Waals surface area contributed by atoms with Gasteiger partial charge in [-0.1, -0.05) is 19.1 Å². The Hall–Kier alpha value is -1.20. The fourth-order valence-electron chi connectivity index (χ4n) is 2.61. The molecule has 2 rings (SSSR count). The van der Waals surface area contributed by atoms with Gasteiger partial charge in [-0.2, -0.15) is 4.31 Å². The Kier molecular flexibility index (Phi) is 3.78. The minimum absolute atomic E-state index is 0.0148. The zero-order valence-electron chi connectivity index (χ0n) is 11.5. The van der Waals surface area contributed by atoms with Crippen molar-refractivity contribution in [3.8, 4) is 0 Å². The predicted octanol–water partition coefficient (Wildman–Crippen LogP) is 2.31. The highest BCUT2D eigenvalue weighted by Gasteiger charge is 2.36. The van der Waals surface area contributed by atoms with Crippen LogP contribution in [0.5, 0.6) is 0 Å². The first-order chi connectivity index (χ1) is 8.82. The number of carbonyl (C=O) groups is 1. The molecule has 1 saturated heterocycles. The van der Waals surface area contributed by atoms with Crippen LogP contribution in [0.3, 0.4) is 0 Å². The maximum atomic E-state index is 12.6. The van der Waals surface area contributed by atoms with E-state index < -0.39 is 10.0 Å². The van der Waals surface area contributed by atoms with E-state index >= 15 is 0 Å². The molecule has 1 fully saturated rings. The number of nitrogens with zero attached hydrogens (tertiary/aromatic N) is 1. The van der Waals surface area contributed by atoms with Crippen LogP contribution in [-0.2, 0) is 10.0 Å². The van der Waals surface area contributed by atoms with Crippen molar-refractivity contribution in [2.75, 3.05) is 6.54 Å². The number of hydrogen-bond donors (Lipinski definition) is 0. The van der Waals surface area contributed by atoms with E-state index in [0.29, 0.717) is 18.0 Å². The lowest BCUT2D eigenvalue weighted by Crippen LogP contribution is -2.34. The van der Waals surface area contributed by atoms with Gasteiger partial charge in [0.05, 0.1) is 4.90 Å². The minimum Gasteiger partial charge on any atom is -0.295 e. The van der Waals surface area contributed by atoms with Crippen molar-refractivity contribution in [2.45, 2.75) is 38.1 Å². The average molecular weight is 281 g/mol. The molecular weight excluding hydrogens is 262 g/mol. The normalized spacial score (nSPS) is 24.6. The molecule has 0 bridgehead atoms. The first-order valence-corrected chi connectivity index (χ1v) is 7.89. The van der Waals surface area contributed by atoms with Crippen LogP contribution >= 0.6 is 0 Å². The fraction of sp³-hybridized carbons (Fsp3) is 0.500. The fourth-order valence-corrected chi connectivity index (χ4v) is 4.42. The summed E-state index contributed by atoms with van der Waals surface area (Å²) >= 11 is 0. The molecule has 0 aromatic heterocycles. The van der Waals surface area contributed by atoms with E-state index in [1.54, 1.807) is 18.2 Å². The van der Waals surface area contributed by atoms with Crippen molar-refractivity contribution in [1.29, 1.82) is 0 Å². The van der Waals surface area contributed by atoms with Gasteiger partial charge in [-0.25, -0.2) is 8.42 Å². The van der Waals surface area contributed by atoms with Crippen LogP contribution in [0, 0.1) is 5.92 Å². The van der Waals surface area contributed by atoms with Gasteiger partial charge < -0.3 is 0 Å². The van der Waals surface area contributed by atoms with Crippen LogP contribution in [0.4, 0.5) is 0 Å². The molecule has 0 amide bonds. The number of sulfonamides is 1. The lowest BCUT2D eigenvalue weighted by Gasteiger charge is -2.21. The molecule has 19 heavy (non-hydrogen) atoms. The number of Topliss-reactive ketones (excluding diaryl/α,β-unsaturated/α-hetero) is 1. The molecule has 0 N–H and O–H groups in total. The maximum absolute atomic E-state index is 12.6. The molecule has 0 spiro atoms. The van der Waals surface area contributed by atoms with Crippen molar-refractivity contribution in [3.63, 3.8) is 0 Å². The van der Waals surface area contributed by atoms with Crippen LogP contribution in [0.15, 0.2) is 29.2 Å². The summed E-state index contributed by atoms with van der Waals surface area (Å²) < 4.78 is 26.7. The second-order valence-corrected chi connectivity index (χ2v) is 7.24. The molecule has 0 aliphatic carbocycles. The summed E-state index contributed by atoms with van der Waals surface area (Å²) in [6, 6.07) is 6.29. The first kappa shape index (κ1) is 14.2. The zero-order chi connectivity index (χ0) is 14.2. The van der Waals surface area contributed by atoms with Gasteiger partial charge in [0.1, 0.15) is 0 Å². The average Bonchev–Trinajstić information content (AvgIpc) is 2.69. The van der Waals surface area contributed by atoms with E-state index in [-0.39, 0.29) is 16.7 Å². The van der Waals surface area contributed by atoms with E-state index in [2.05, 4.69) is 6.92 Å². The van der Waals surface area contributed by atoms with E-state index in [1.165, 1.54) is 17.3 Å². The molecule has 1 aliphatic heterocycles. The Labute approximate surface area is 114 Å². The van der Waals surface area contributed by atoms with Crippen LogP contribution in [0.25, 0.3) is 0 Å². The monoisotopic (exact) mass is 281 g/mol. The van der Waals surface area contributed by atoms with Crippen LogP contribution in [0.1, 0.15) is 37.6 Å². The van der Waals surface area contributed by atoms with E-state index in [4.69, 9.17) is 0 Å². The third-order valence-corrected chi connectivity index (χ3v) is 5.55. The molecule has 5 heteroatoms. The molecule has 2 unspecified atom stereocenters. The second-order valence-electron chi connectivity index (χ2n) is 5.35. The predicted molar refractivity (Wildman–Crippen MR) is 73.6 cm³/mol. The van der Waals surface area contributed by atoms with Gasteiger partial charge in [-0.15, -0.1) is 0 Å². The lowest BCUT2D eigenvalue weighted by atomic mass is 10.1. The molecule has 0 radical (unpaired) electrons.